The van der Waals surface area contributed by atoms with Crippen LogP contribution in [0.4, 0.5) is 0 Å². The Bertz CT molecular complexity index is 569. The third kappa shape index (κ3) is 14.2. The minimum absolute atomic E-state index is 0.0414. The molecule has 3 heterocycles. The van der Waals surface area contributed by atoms with Gasteiger partial charge < -0.3 is 0 Å². The fraction of sp³-hybridized carbons (Fsp3) is 0.875. The van der Waals surface area contributed by atoms with Gasteiger partial charge in [0.15, 0.2) is 0 Å². The Morgan fingerprint density at radius 2 is 0.970 bits per heavy atom. The number of hydrogen-bond acceptors (Lipinski definition) is 6. The van der Waals surface area contributed by atoms with Crippen molar-refractivity contribution in [3.05, 3.63) is 0 Å². The first-order valence-electron chi connectivity index (χ1n) is 12.1. The molecule has 9 heteroatoms. The van der Waals surface area contributed by atoms with Gasteiger partial charge in [0.05, 0.1) is 0 Å². The maximum absolute atomic E-state index is 12.9. The Kier molecular flexibility index (Phi) is 14.9. The molecule has 3 fully saturated rings. The number of hydrogen-bond donors (Lipinski definition) is 0. The van der Waals surface area contributed by atoms with Gasteiger partial charge in [-0.15, -0.1) is 0 Å². The third-order valence-electron chi connectivity index (χ3n) is 6.16. The first kappa shape index (κ1) is 30.0. The van der Waals surface area contributed by atoms with E-state index in [2.05, 4.69) is 42.2 Å². The summed E-state index contributed by atoms with van der Waals surface area (Å²) in [5.41, 5.74) is -0.405. The summed E-state index contributed by atoms with van der Waals surface area (Å²) in [7, 11) is 0. The molecule has 0 radical (unpaired) electrons. The van der Waals surface area contributed by atoms with E-state index in [1.54, 1.807) is 0 Å². The number of Topliss-reactive ketones (excluding diaryl/α,β-unsaturated/α-hetero) is 3. The molecule has 33 heavy (non-hydrogen) atoms. The number of thioether (sulfide) groups is 3. The second-order valence-electron chi connectivity index (χ2n) is 9.34. The van der Waals surface area contributed by atoms with Gasteiger partial charge in [-0.1, -0.05) is 0 Å². The molecule has 0 aromatic rings. The van der Waals surface area contributed by atoms with Crippen molar-refractivity contribution < 1.29 is 14.4 Å². The van der Waals surface area contributed by atoms with Crippen molar-refractivity contribution in [2.45, 2.75) is 94.4 Å². The van der Waals surface area contributed by atoms with Crippen molar-refractivity contribution in [1.82, 2.24) is 0 Å². The predicted molar refractivity (Wildman–Crippen MR) is 150 cm³/mol. The number of carbonyl (C=O) groups excluding carboxylic acids is 3. The molecule has 3 nitrogen and oxygen atoms in total. The predicted octanol–water partition coefficient (Wildman–Crippen LogP) is 5.40. The standard InChI is InChI=1S/C24H38O3S3Te3/c1-2-24(9-18(25)3-6-31-15-21-12-28-21,10-19(26)4-7-32-16-22-13-29-22)11-20(27)5-8-33-17-23-14-30-23/h21-23H,2-17H2,1H3. The van der Waals surface area contributed by atoms with Crippen LogP contribution in [-0.2, 0) is 14.4 Å². The molecule has 188 valence electrons. The molecule has 0 saturated carbocycles. The van der Waals surface area contributed by atoms with Crippen LogP contribution >= 0.6 is 35.3 Å². The molecule has 0 bridgehead atoms. The molecule has 3 aliphatic rings. The first-order chi connectivity index (χ1) is 16.0. The van der Waals surface area contributed by atoms with E-state index in [-0.39, 0.29) is 62.8 Å². The van der Waals surface area contributed by atoms with Crippen LogP contribution in [0.15, 0.2) is 0 Å². The van der Waals surface area contributed by atoms with Crippen LogP contribution in [0.5, 0.6) is 0 Å². The fourth-order valence-electron chi connectivity index (χ4n) is 3.78. The summed E-state index contributed by atoms with van der Waals surface area (Å²) in [6, 6.07) is 0. The summed E-state index contributed by atoms with van der Waals surface area (Å²) in [6.07, 6.45) is 4.18. The molecule has 0 aromatic carbocycles. The normalized spacial score (nSPS) is 24.8. The second kappa shape index (κ2) is 16.4. The van der Waals surface area contributed by atoms with Crippen LogP contribution in [0.2, 0.25) is 26.8 Å². The Balaban J connectivity index is 1.45. The number of carbonyl (C=O) groups is 3. The average molecular weight is 854 g/mol. The molecule has 0 aromatic heterocycles. The second-order valence-corrected chi connectivity index (χ2v) is 23.2. The number of ketones is 3. The van der Waals surface area contributed by atoms with Gasteiger partial charge in [0.1, 0.15) is 0 Å². The SMILES string of the molecule is CCC(CC(=O)CC[Te]CC1CS1)(CC(=O)CC[Te]CC1CS1)CC(=O)CC[Te]CC1CS1. The zero-order chi connectivity index (χ0) is 23.5. The van der Waals surface area contributed by atoms with Gasteiger partial charge in [-0.05, 0) is 0 Å². The van der Waals surface area contributed by atoms with Crippen LogP contribution in [0.1, 0.15) is 51.9 Å². The summed E-state index contributed by atoms with van der Waals surface area (Å²) < 4.78 is 7.38. The van der Waals surface area contributed by atoms with Gasteiger partial charge in [-0.3, -0.25) is 0 Å². The van der Waals surface area contributed by atoms with Gasteiger partial charge in [0.2, 0.25) is 0 Å². The van der Waals surface area contributed by atoms with Crippen LogP contribution < -0.4 is 0 Å². The molecule has 0 N–H and O–H groups in total. The van der Waals surface area contributed by atoms with E-state index in [4.69, 9.17) is 0 Å². The van der Waals surface area contributed by atoms with Crippen molar-refractivity contribution in [2.24, 2.45) is 5.41 Å². The van der Waals surface area contributed by atoms with Crippen LogP contribution in [-0.4, -0.2) is 113 Å². The van der Waals surface area contributed by atoms with Gasteiger partial charge in [-0.25, -0.2) is 0 Å². The molecule has 3 unspecified atom stereocenters. The topological polar surface area (TPSA) is 51.2 Å². The third-order valence-corrected chi connectivity index (χ3v) is 20.7. The van der Waals surface area contributed by atoms with E-state index < -0.39 is 5.41 Å². The average Bonchev–Trinajstić information content (AvgIpc) is 3.62. The van der Waals surface area contributed by atoms with E-state index in [1.165, 1.54) is 30.7 Å². The molecule has 3 aliphatic heterocycles. The molecule has 3 rings (SSSR count). The van der Waals surface area contributed by atoms with Crippen LogP contribution in [0.25, 0.3) is 0 Å². The van der Waals surface area contributed by atoms with Gasteiger partial charge >= 0.3 is 247 Å². The van der Waals surface area contributed by atoms with Crippen LogP contribution in [0.3, 0.4) is 0 Å². The number of rotatable bonds is 22. The van der Waals surface area contributed by atoms with E-state index in [9.17, 15) is 14.4 Å². The molecule has 0 spiro atoms. The van der Waals surface area contributed by atoms with Crippen molar-refractivity contribution >= 4 is 115 Å². The van der Waals surface area contributed by atoms with E-state index in [0.717, 1.165) is 35.6 Å². The summed E-state index contributed by atoms with van der Waals surface area (Å²) >= 11 is 6.04. The Morgan fingerprint density at radius 3 is 1.21 bits per heavy atom. The summed E-state index contributed by atoms with van der Waals surface area (Å²) in [4.78, 5) is 38.8. The molecule has 0 amide bonds. The van der Waals surface area contributed by atoms with Crippen molar-refractivity contribution in [2.75, 3.05) is 17.3 Å². The fourth-order valence-corrected chi connectivity index (χ4v) is 18.5. The van der Waals surface area contributed by atoms with Crippen molar-refractivity contribution in [3.63, 3.8) is 0 Å². The first-order valence-corrected chi connectivity index (χ1v) is 25.1. The van der Waals surface area contributed by atoms with E-state index >= 15 is 0 Å². The maximum atomic E-state index is 12.9. The van der Waals surface area contributed by atoms with E-state index in [0.29, 0.717) is 55.9 Å². The Hall–Kier alpha value is 2.43. The summed E-state index contributed by atoms with van der Waals surface area (Å²) in [6.45, 7) is 2.10. The Labute approximate surface area is 244 Å². The minimum atomic E-state index is -0.405. The summed E-state index contributed by atoms with van der Waals surface area (Å²) in [5, 5.41) is 2.70. The Morgan fingerprint density at radius 1 is 0.667 bits per heavy atom. The van der Waals surface area contributed by atoms with Gasteiger partial charge in [0, 0.05) is 0 Å². The summed E-state index contributed by atoms with van der Waals surface area (Å²) in [5.74, 6) is 4.91. The van der Waals surface area contributed by atoms with Gasteiger partial charge in [0.25, 0.3) is 0 Å². The zero-order valence-corrected chi connectivity index (χ0v) is 29.2. The molecule has 3 saturated heterocycles. The molecule has 0 aliphatic carbocycles. The van der Waals surface area contributed by atoms with Crippen LogP contribution in [0, 0.1) is 5.41 Å². The quantitative estimate of drug-likeness (QED) is 0.0828. The zero-order valence-electron chi connectivity index (χ0n) is 19.7. The van der Waals surface area contributed by atoms with Crippen molar-refractivity contribution in [1.29, 1.82) is 0 Å². The molecular formula is C24H38O3S3Te3. The van der Waals surface area contributed by atoms with Crippen molar-refractivity contribution in [3.8, 4) is 0 Å². The molecule has 3 atom stereocenters. The van der Waals surface area contributed by atoms with Gasteiger partial charge in [-0.2, -0.15) is 0 Å². The monoisotopic (exact) mass is 860 g/mol. The molecular weight excluding hydrogens is 815 g/mol. The van der Waals surface area contributed by atoms with E-state index in [1.807, 2.05) is 0 Å².